The topological polar surface area (TPSA) is 84.4 Å². The van der Waals surface area contributed by atoms with Gasteiger partial charge in [-0.1, -0.05) is 6.07 Å². The largest absolute Gasteiger partial charge is 0.493 e. The zero-order valence-corrected chi connectivity index (χ0v) is 20.4. The molecule has 5 rings (SSSR count). The molecule has 4 heterocycles. The molecule has 1 aromatic carbocycles. The Morgan fingerprint density at radius 2 is 1.94 bits per heavy atom. The number of rotatable bonds is 5. The van der Waals surface area contributed by atoms with E-state index in [9.17, 15) is 21.6 Å². The van der Waals surface area contributed by atoms with Gasteiger partial charge in [0.05, 0.1) is 24.3 Å². The second-order valence-electron chi connectivity index (χ2n) is 8.69. The first-order valence-electron chi connectivity index (χ1n) is 11.3. The van der Waals surface area contributed by atoms with Crippen molar-refractivity contribution in [3.63, 3.8) is 0 Å². The molecule has 1 N–H and O–H groups in total. The lowest BCUT2D eigenvalue weighted by Gasteiger charge is -2.45. The Morgan fingerprint density at radius 3 is 2.64 bits per heavy atom. The van der Waals surface area contributed by atoms with Crippen molar-refractivity contribution in [2.75, 3.05) is 17.9 Å². The molecule has 0 bridgehead atoms. The van der Waals surface area contributed by atoms with Crippen molar-refractivity contribution in [2.24, 2.45) is 5.92 Å². The van der Waals surface area contributed by atoms with E-state index in [1.165, 1.54) is 12.4 Å². The second kappa shape index (κ2) is 9.60. The highest BCUT2D eigenvalue weighted by Gasteiger charge is 2.47. The molecule has 2 aliphatic rings. The van der Waals surface area contributed by atoms with E-state index in [0.717, 1.165) is 23.5 Å². The number of alkyl halides is 3. The predicted molar refractivity (Wildman–Crippen MR) is 125 cm³/mol. The van der Waals surface area contributed by atoms with Crippen LogP contribution in [-0.2, 0) is 10.0 Å². The van der Waals surface area contributed by atoms with Gasteiger partial charge in [-0.15, -0.1) is 11.3 Å². The number of halogens is 4. The Morgan fingerprint density at radius 1 is 1.11 bits per heavy atom. The Bertz CT molecular complexity index is 1320. The zero-order chi connectivity index (χ0) is 25.5. The lowest BCUT2D eigenvalue weighted by atomic mass is 9.85. The summed E-state index contributed by atoms with van der Waals surface area (Å²) in [6.45, 7) is 0.333. The average molecular weight is 543 g/mol. The van der Waals surface area contributed by atoms with E-state index in [-0.39, 0.29) is 36.9 Å². The van der Waals surface area contributed by atoms with Gasteiger partial charge in [-0.05, 0) is 31.0 Å². The van der Waals surface area contributed by atoms with Crippen LogP contribution in [0.3, 0.4) is 0 Å². The molecule has 1 saturated heterocycles. The number of likely N-dealkylation sites (tertiary alicyclic amines) is 1. The van der Waals surface area contributed by atoms with E-state index in [1.807, 2.05) is 4.90 Å². The minimum Gasteiger partial charge on any atom is -0.493 e. The molecule has 13 heteroatoms. The van der Waals surface area contributed by atoms with Gasteiger partial charge >= 0.3 is 6.18 Å². The highest BCUT2D eigenvalue weighted by Crippen LogP contribution is 2.48. The van der Waals surface area contributed by atoms with Gasteiger partial charge in [-0.3, -0.25) is 14.6 Å². The molecule has 0 radical (unpaired) electrons. The summed E-state index contributed by atoms with van der Waals surface area (Å²) >= 11 is 1.05. The lowest BCUT2D eigenvalue weighted by molar-refractivity contribution is -0.192. The summed E-state index contributed by atoms with van der Waals surface area (Å²) in [5, 5.41) is 1.67. The van der Waals surface area contributed by atoms with Crippen LogP contribution in [0.5, 0.6) is 5.75 Å². The molecule has 0 saturated carbocycles. The zero-order valence-electron chi connectivity index (χ0n) is 18.8. The van der Waals surface area contributed by atoms with Crippen molar-refractivity contribution in [2.45, 2.75) is 42.4 Å². The molecule has 0 unspecified atom stereocenters. The fourth-order valence-corrected chi connectivity index (χ4v) is 6.75. The van der Waals surface area contributed by atoms with Crippen LogP contribution in [0.15, 0.2) is 53.0 Å². The van der Waals surface area contributed by atoms with Gasteiger partial charge in [0.1, 0.15) is 16.5 Å². The number of sulfonamides is 1. The fourth-order valence-electron chi connectivity index (χ4n) is 4.88. The summed E-state index contributed by atoms with van der Waals surface area (Å²) < 4.78 is 89.6. The van der Waals surface area contributed by atoms with Gasteiger partial charge in [-0.2, -0.15) is 13.2 Å². The van der Waals surface area contributed by atoms with E-state index in [0.29, 0.717) is 17.7 Å². The number of fused-ring (bicyclic) bond motifs is 1. The summed E-state index contributed by atoms with van der Waals surface area (Å²) in [6, 6.07) is 6.25. The Balaban J connectivity index is 1.49. The first-order chi connectivity index (χ1) is 17.1. The SMILES string of the molecule is O=S(=O)(Nc1nccs1)c1cc2c(cc1F)[C@H](N1CC[C@@H](C(F)(F)F)C[C@H]1c1ccccn1)CCO2. The van der Waals surface area contributed by atoms with Crippen LogP contribution in [0.1, 0.15) is 42.6 Å². The van der Waals surface area contributed by atoms with Crippen LogP contribution in [0.2, 0.25) is 0 Å². The minimum atomic E-state index is -4.33. The number of piperidine rings is 1. The average Bonchev–Trinajstić information content (AvgIpc) is 3.35. The van der Waals surface area contributed by atoms with Crippen molar-refractivity contribution in [3.05, 3.63) is 65.2 Å². The van der Waals surface area contributed by atoms with Crippen molar-refractivity contribution in [1.82, 2.24) is 14.9 Å². The number of benzene rings is 1. The molecular weight excluding hydrogens is 520 g/mol. The van der Waals surface area contributed by atoms with Crippen LogP contribution in [0, 0.1) is 11.7 Å². The summed E-state index contributed by atoms with van der Waals surface area (Å²) in [4.78, 5) is 9.49. The maximum atomic E-state index is 15.2. The van der Waals surface area contributed by atoms with Crippen molar-refractivity contribution >= 4 is 26.5 Å². The smallest absolute Gasteiger partial charge is 0.391 e. The summed E-state index contributed by atoms with van der Waals surface area (Å²) in [7, 11) is -4.27. The number of ether oxygens (including phenoxy) is 1. The fraction of sp³-hybridized carbons (Fsp3) is 0.391. The molecule has 3 aromatic rings. The molecule has 3 atom stereocenters. The Hall–Kier alpha value is -2.77. The van der Waals surface area contributed by atoms with Crippen LogP contribution in [-0.4, -0.2) is 42.6 Å². The number of hydrogen-bond acceptors (Lipinski definition) is 7. The standard InChI is InChI=1S/C23H22F4N4O3S2/c24-16-12-15-18(5-9-34-20(15)13-21(16)36(32,33)30-22-29-7-10-35-22)31-8-4-14(23(25,26)27)11-19(31)17-3-1-2-6-28-17/h1-3,6-7,10,12-14,18-19H,4-5,8-9,11H2,(H,29,30)/t14-,18-,19+/m1/s1. The minimum absolute atomic E-state index is 0.0911. The number of nitrogens with one attached hydrogen (secondary N) is 1. The molecule has 192 valence electrons. The van der Waals surface area contributed by atoms with E-state index in [4.69, 9.17) is 4.74 Å². The molecule has 2 aromatic heterocycles. The predicted octanol–water partition coefficient (Wildman–Crippen LogP) is 5.32. The number of nitrogens with zero attached hydrogens (tertiary/aromatic N) is 3. The molecule has 2 aliphatic heterocycles. The molecule has 7 nitrogen and oxygen atoms in total. The quantitative estimate of drug-likeness (QED) is 0.440. The number of thiazole rings is 1. The van der Waals surface area contributed by atoms with E-state index in [1.54, 1.807) is 23.6 Å². The summed E-state index contributed by atoms with van der Waals surface area (Å²) in [5.74, 6) is -2.26. The second-order valence-corrected chi connectivity index (χ2v) is 11.2. The first kappa shape index (κ1) is 24.9. The van der Waals surface area contributed by atoms with Crippen LogP contribution in [0.25, 0.3) is 0 Å². The third-order valence-corrected chi connectivity index (χ3v) is 8.72. The van der Waals surface area contributed by atoms with Crippen molar-refractivity contribution in [3.8, 4) is 5.75 Å². The maximum absolute atomic E-state index is 15.2. The van der Waals surface area contributed by atoms with E-state index in [2.05, 4.69) is 14.7 Å². The third-order valence-electron chi connectivity index (χ3n) is 6.55. The highest BCUT2D eigenvalue weighted by molar-refractivity contribution is 7.93. The number of aromatic nitrogens is 2. The third kappa shape index (κ3) is 4.91. The summed E-state index contributed by atoms with van der Waals surface area (Å²) in [5.41, 5.74) is 0.908. The Labute approximate surface area is 209 Å². The molecule has 36 heavy (non-hydrogen) atoms. The summed E-state index contributed by atoms with van der Waals surface area (Å²) in [6.07, 6.45) is -1.22. The number of hydrogen-bond donors (Lipinski definition) is 1. The van der Waals surface area contributed by atoms with Gasteiger partial charge in [0, 0.05) is 48.4 Å². The van der Waals surface area contributed by atoms with Crippen LogP contribution >= 0.6 is 11.3 Å². The van der Waals surface area contributed by atoms with E-state index < -0.39 is 44.9 Å². The molecule has 0 spiro atoms. The van der Waals surface area contributed by atoms with E-state index >= 15 is 4.39 Å². The van der Waals surface area contributed by atoms with Gasteiger partial charge < -0.3 is 4.74 Å². The van der Waals surface area contributed by atoms with Gasteiger partial charge in [0.2, 0.25) is 0 Å². The van der Waals surface area contributed by atoms with Gasteiger partial charge in [-0.25, -0.2) is 17.8 Å². The molecule has 0 amide bonds. The lowest BCUT2D eigenvalue weighted by Crippen LogP contribution is -2.44. The first-order valence-corrected chi connectivity index (χ1v) is 13.6. The van der Waals surface area contributed by atoms with Crippen molar-refractivity contribution in [1.29, 1.82) is 0 Å². The molecular formula is C23H22F4N4O3S2. The Kier molecular flexibility index (Phi) is 6.64. The molecule has 0 aliphatic carbocycles. The maximum Gasteiger partial charge on any atom is 0.391 e. The van der Waals surface area contributed by atoms with Crippen molar-refractivity contribution < 1.29 is 30.7 Å². The van der Waals surface area contributed by atoms with Gasteiger partial charge in [0.25, 0.3) is 10.0 Å². The van der Waals surface area contributed by atoms with Crippen LogP contribution in [0.4, 0.5) is 22.7 Å². The number of pyridine rings is 1. The normalized spacial score (nSPS) is 23.1. The number of anilines is 1. The molecule has 1 fully saturated rings. The monoisotopic (exact) mass is 542 g/mol. The highest BCUT2D eigenvalue weighted by atomic mass is 32.2. The van der Waals surface area contributed by atoms with Crippen LogP contribution < -0.4 is 9.46 Å². The van der Waals surface area contributed by atoms with Gasteiger partial charge in [0.15, 0.2) is 5.13 Å².